The van der Waals surface area contributed by atoms with Crippen molar-refractivity contribution in [3.05, 3.63) is 0 Å². The molecule has 5 nitrogen and oxygen atoms in total. The smallest absolute Gasteiger partial charge is 0.191 e. The van der Waals surface area contributed by atoms with Crippen molar-refractivity contribution < 1.29 is 9.47 Å². The zero-order valence-corrected chi connectivity index (χ0v) is 15.2. The Labute approximate surface area is 142 Å². The van der Waals surface area contributed by atoms with Crippen molar-refractivity contribution in [3.8, 4) is 0 Å². The van der Waals surface area contributed by atoms with E-state index >= 15 is 0 Å². The van der Waals surface area contributed by atoms with E-state index in [0.29, 0.717) is 13.2 Å². The van der Waals surface area contributed by atoms with Crippen molar-refractivity contribution in [3.63, 3.8) is 0 Å². The summed E-state index contributed by atoms with van der Waals surface area (Å²) in [6.07, 6.45) is 10.8. The van der Waals surface area contributed by atoms with E-state index in [1.807, 2.05) is 0 Å². The molecule has 0 heterocycles. The molecule has 136 valence electrons. The maximum Gasteiger partial charge on any atom is 0.191 e. The molecule has 0 aromatic rings. The van der Waals surface area contributed by atoms with Gasteiger partial charge in [-0.1, -0.05) is 38.5 Å². The number of aliphatic imine (C=N–C) groups is 1. The normalized spacial score (nSPS) is 16.0. The van der Waals surface area contributed by atoms with Crippen LogP contribution in [0.25, 0.3) is 0 Å². The lowest BCUT2D eigenvalue weighted by Crippen LogP contribution is -2.37. The van der Waals surface area contributed by atoms with E-state index in [9.17, 15) is 0 Å². The van der Waals surface area contributed by atoms with Crippen molar-refractivity contribution in [2.75, 3.05) is 46.6 Å². The van der Waals surface area contributed by atoms with Crippen LogP contribution in [-0.2, 0) is 9.47 Å². The van der Waals surface area contributed by atoms with E-state index in [1.165, 1.54) is 44.9 Å². The molecule has 0 bridgehead atoms. The van der Waals surface area contributed by atoms with Crippen molar-refractivity contribution >= 4 is 5.96 Å². The molecule has 1 rings (SSSR count). The SMILES string of the molecule is CCNC(=NCCCOCCOC)NCCCCC1CCCC1. The summed E-state index contributed by atoms with van der Waals surface area (Å²) in [6.45, 7) is 6.89. The van der Waals surface area contributed by atoms with Crippen LogP contribution in [0.1, 0.15) is 58.3 Å². The molecule has 0 unspecified atom stereocenters. The molecule has 1 aliphatic rings. The van der Waals surface area contributed by atoms with Crippen molar-refractivity contribution in [1.29, 1.82) is 0 Å². The maximum atomic E-state index is 5.44. The number of hydrogen-bond donors (Lipinski definition) is 2. The Morgan fingerprint density at radius 3 is 2.61 bits per heavy atom. The van der Waals surface area contributed by atoms with Gasteiger partial charge >= 0.3 is 0 Å². The average Bonchev–Trinajstić information content (AvgIpc) is 3.07. The van der Waals surface area contributed by atoms with Gasteiger partial charge < -0.3 is 20.1 Å². The lowest BCUT2D eigenvalue weighted by Gasteiger charge is -2.12. The Balaban J connectivity index is 2.01. The van der Waals surface area contributed by atoms with Gasteiger partial charge in [-0.05, 0) is 25.7 Å². The zero-order chi connectivity index (χ0) is 16.6. The van der Waals surface area contributed by atoms with Gasteiger partial charge in [-0.15, -0.1) is 0 Å². The molecule has 1 saturated carbocycles. The molecule has 1 aliphatic carbocycles. The molecule has 0 radical (unpaired) electrons. The Morgan fingerprint density at radius 2 is 1.87 bits per heavy atom. The summed E-state index contributed by atoms with van der Waals surface area (Å²) >= 11 is 0. The van der Waals surface area contributed by atoms with Crippen LogP contribution in [0.15, 0.2) is 4.99 Å². The van der Waals surface area contributed by atoms with Crippen LogP contribution in [-0.4, -0.2) is 52.5 Å². The first kappa shape index (κ1) is 20.2. The molecule has 0 atom stereocenters. The fourth-order valence-corrected chi connectivity index (χ4v) is 3.01. The van der Waals surface area contributed by atoms with Gasteiger partial charge in [-0.3, -0.25) is 4.99 Å². The molecule has 0 aromatic carbocycles. The molecule has 5 heteroatoms. The Bertz CT molecular complexity index is 292. The van der Waals surface area contributed by atoms with Gasteiger partial charge in [-0.2, -0.15) is 0 Å². The summed E-state index contributed by atoms with van der Waals surface area (Å²) in [7, 11) is 1.69. The summed E-state index contributed by atoms with van der Waals surface area (Å²) in [5, 5.41) is 6.74. The summed E-state index contributed by atoms with van der Waals surface area (Å²) < 4.78 is 10.4. The first-order valence-electron chi connectivity index (χ1n) is 9.45. The minimum atomic E-state index is 0.661. The van der Waals surface area contributed by atoms with Crippen LogP contribution < -0.4 is 10.6 Å². The van der Waals surface area contributed by atoms with Crippen LogP contribution in [0.2, 0.25) is 0 Å². The fraction of sp³-hybridized carbons (Fsp3) is 0.944. The molecule has 0 aromatic heterocycles. The highest BCUT2D eigenvalue weighted by molar-refractivity contribution is 5.79. The lowest BCUT2D eigenvalue weighted by molar-refractivity contribution is 0.0702. The average molecular weight is 328 g/mol. The van der Waals surface area contributed by atoms with E-state index in [2.05, 4.69) is 22.5 Å². The quantitative estimate of drug-likeness (QED) is 0.310. The second kappa shape index (κ2) is 14.8. The first-order valence-corrected chi connectivity index (χ1v) is 9.45. The van der Waals surface area contributed by atoms with Crippen molar-refractivity contribution in [2.24, 2.45) is 10.9 Å². The molecule has 1 fully saturated rings. The largest absolute Gasteiger partial charge is 0.382 e. The van der Waals surface area contributed by atoms with E-state index < -0.39 is 0 Å². The Morgan fingerprint density at radius 1 is 1.04 bits per heavy atom. The number of nitrogens with zero attached hydrogens (tertiary/aromatic N) is 1. The van der Waals surface area contributed by atoms with E-state index in [-0.39, 0.29) is 0 Å². The number of methoxy groups -OCH3 is 1. The number of nitrogens with one attached hydrogen (secondary N) is 2. The monoisotopic (exact) mass is 327 g/mol. The molecule has 0 saturated heterocycles. The van der Waals surface area contributed by atoms with Crippen LogP contribution in [0.4, 0.5) is 0 Å². The lowest BCUT2D eigenvalue weighted by atomic mass is 10.0. The summed E-state index contributed by atoms with van der Waals surface area (Å²) in [5.41, 5.74) is 0. The predicted molar refractivity (Wildman–Crippen MR) is 97.1 cm³/mol. The number of unbranched alkanes of at least 4 members (excludes halogenated alkanes) is 1. The van der Waals surface area contributed by atoms with Gasteiger partial charge in [0.25, 0.3) is 0 Å². The Kier molecular flexibility index (Phi) is 13.0. The van der Waals surface area contributed by atoms with Gasteiger partial charge in [0, 0.05) is 33.4 Å². The van der Waals surface area contributed by atoms with E-state index in [1.54, 1.807) is 7.11 Å². The number of guanidine groups is 1. The van der Waals surface area contributed by atoms with Gasteiger partial charge in [0.2, 0.25) is 0 Å². The fourth-order valence-electron chi connectivity index (χ4n) is 3.01. The molecule has 0 spiro atoms. The summed E-state index contributed by atoms with van der Waals surface area (Å²) in [4.78, 5) is 4.59. The van der Waals surface area contributed by atoms with Gasteiger partial charge in [0.15, 0.2) is 5.96 Å². The zero-order valence-electron chi connectivity index (χ0n) is 15.2. The van der Waals surface area contributed by atoms with Gasteiger partial charge in [-0.25, -0.2) is 0 Å². The third kappa shape index (κ3) is 11.4. The van der Waals surface area contributed by atoms with E-state index in [4.69, 9.17) is 9.47 Å². The molecular weight excluding hydrogens is 290 g/mol. The first-order chi connectivity index (χ1) is 11.4. The predicted octanol–water partition coefficient (Wildman–Crippen LogP) is 2.96. The highest BCUT2D eigenvalue weighted by Crippen LogP contribution is 2.28. The number of ether oxygens (including phenoxy) is 2. The third-order valence-corrected chi connectivity index (χ3v) is 4.30. The minimum Gasteiger partial charge on any atom is -0.382 e. The van der Waals surface area contributed by atoms with Crippen LogP contribution in [0.3, 0.4) is 0 Å². The highest BCUT2D eigenvalue weighted by Gasteiger charge is 2.13. The van der Waals surface area contributed by atoms with Crippen LogP contribution in [0, 0.1) is 5.92 Å². The summed E-state index contributed by atoms with van der Waals surface area (Å²) in [6, 6.07) is 0. The molecule has 0 aliphatic heterocycles. The summed E-state index contributed by atoms with van der Waals surface area (Å²) in [5.74, 6) is 1.94. The molecule has 0 amide bonds. The van der Waals surface area contributed by atoms with Crippen LogP contribution in [0.5, 0.6) is 0 Å². The molecule has 2 N–H and O–H groups in total. The van der Waals surface area contributed by atoms with Gasteiger partial charge in [0.05, 0.1) is 13.2 Å². The third-order valence-electron chi connectivity index (χ3n) is 4.30. The second-order valence-corrected chi connectivity index (χ2v) is 6.29. The minimum absolute atomic E-state index is 0.661. The molecule has 23 heavy (non-hydrogen) atoms. The highest BCUT2D eigenvalue weighted by atomic mass is 16.5. The van der Waals surface area contributed by atoms with Crippen LogP contribution >= 0.6 is 0 Å². The van der Waals surface area contributed by atoms with Crippen molar-refractivity contribution in [1.82, 2.24) is 10.6 Å². The Hall–Kier alpha value is -0.810. The maximum absolute atomic E-state index is 5.44. The number of rotatable bonds is 13. The molecular formula is C18H37N3O2. The van der Waals surface area contributed by atoms with E-state index in [0.717, 1.165) is 44.5 Å². The number of hydrogen-bond acceptors (Lipinski definition) is 3. The standard InChI is InChI=1S/C18H37N3O2/c1-3-19-18(21-13-8-14-23-16-15-22-2)20-12-7-6-11-17-9-4-5-10-17/h17H,3-16H2,1-2H3,(H2,19,20,21). The topological polar surface area (TPSA) is 54.9 Å². The van der Waals surface area contributed by atoms with Gasteiger partial charge in [0.1, 0.15) is 0 Å². The second-order valence-electron chi connectivity index (χ2n) is 6.29. The van der Waals surface area contributed by atoms with Crippen molar-refractivity contribution in [2.45, 2.75) is 58.3 Å².